The monoisotopic (exact) mass is 335 g/mol. The summed E-state index contributed by atoms with van der Waals surface area (Å²) in [6.07, 6.45) is 4.28. The summed E-state index contributed by atoms with van der Waals surface area (Å²) in [5.41, 5.74) is 0.950. The molecule has 0 aliphatic rings. The van der Waals surface area contributed by atoms with E-state index in [0.29, 0.717) is 22.8 Å². The smallest absolute Gasteiger partial charge is 0.306 e. The van der Waals surface area contributed by atoms with Gasteiger partial charge >= 0.3 is 10.1 Å². The number of aromatic nitrogens is 3. The van der Waals surface area contributed by atoms with E-state index in [4.69, 9.17) is 8.92 Å². The summed E-state index contributed by atoms with van der Waals surface area (Å²) in [5.74, 6) is 0.938. The molecule has 2 heterocycles. The first kappa shape index (κ1) is 15.1. The van der Waals surface area contributed by atoms with E-state index in [2.05, 4.69) is 9.97 Å². The lowest BCUT2D eigenvalue weighted by atomic mass is 10.1. The van der Waals surface area contributed by atoms with Crippen molar-refractivity contribution in [3.8, 4) is 22.8 Å². The van der Waals surface area contributed by atoms with E-state index in [1.807, 2.05) is 0 Å². The first-order valence-corrected chi connectivity index (χ1v) is 8.33. The highest BCUT2D eigenvalue weighted by molar-refractivity contribution is 7.86. The van der Waals surface area contributed by atoms with Crippen LogP contribution in [0.1, 0.15) is 0 Å². The van der Waals surface area contributed by atoms with E-state index >= 15 is 0 Å². The van der Waals surface area contributed by atoms with Gasteiger partial charge in [-0.3, -0.25) is 14.2 Å². The Hall–Kier alpha value is -2.81. The second-order valence-electron chi connectivity index (χ2n) is 4.81. The molecule has 1 N–H and O–H groups in total. The molecule has 0 unspecified atom stereocenters. The van der Waals surface area contributed by atoms with E-state index in [0.717, 1.165) is 6.26 Å². The van der Waals surface area contributed by atoms with Crippen LogP contribution >= 0.6 is 0 Å². The van der Waals surface area contributed by atoms with Gasteiger partial charge in [0, 0.05) is 30.1 Å². The number of nitrogens with zero attached hydrogens (tertiary/aromatic N) is 2. The topological polar surface area (TPSA) is 103 Å². The van der Waals surface area contributed by atoms with Crippen molar-refractivity contribution in [2.75, 3.05) is 13.4 Å². The maximum absolute atomic E-state index is 11.3. The Morgan fingerprint density at radius 1 is 1.26 bits per heavy atom. The molecule has 9 heteroatoms. The van der Waals surface area contributed by atoms with E-state index in [1.165, 1.54) is 25.3 Å². The van der Waals surface area contributed by atoms with Gasteiger partial charge in [-0.15, -0.1) is 0 Å². The predicted molar refractivity (Wildman–Crippen MR) is 83.3 cm³/mol. The van der Waals surface area contributed by atoms with Gasteiger partial charge in [0.15, 0.2) is 0 Å². The van der Waals surface area contributed by atoms with Crippen molar-refractivity contribution < 1.29 is 17.3 Å². The molecule has 3 aromatic rings. The summed E-state index contributed by atoms with van der Waals surface area (Å²) < 4.78 is 34.2. The van der Waals surface area contributed by atoms with Crippen molar-refractivity contribution >= 4 is 15.9 Å². The number of rotatable bonds is 4. The fraction of sp³-hybridized carbons (Fsp3) is 0.143. The number of benzene rings is 1. The third-order valence-corrected chi connectivity index (χ3v) is 3.55. The van der Waals surface area contributed by atoms with Crippen LogP contribution in [0.5, 0.6) is 11.5 Å². The molecule has 0 atom stereocenters. The highest BCUT2D eigenvalue weighted by Crippen LogP contribution is 2.33. The van der Waals surface area contributed by atoms with E-state index in [9.17, 15) is 13.2 Å². The van der Waals surface area contributed by atoms with Crippen LogP contribution in [0.3, 0.4) is 0 Å². The number of aromatic amines is 1. The quantitative estimate of drug-likeness (QED) is 0.715. The molecular weight excluding hydrogens is 322 g/mol. The van der Waals surface area contributed by atoms with E-state index in [-0.39, 0.29) is 11.3 Å². The van der Waals surface area contributed by atoms with Crippen LogP contribution in [0.2, 0.25) is 0 Å². The summed E-state index contributed by atoms with van der Waals surface area (Å²) in [6, 6.07) is 5.99. The van der Waals surface area contributed by atoms with Gasteiger partial charge in [-0.05, 0) is 12.1 Å². The normalized spacial score (nSPS) is 11.6. The van der Waals surface area contributed by atoms with Crippen LogP contribution in [0.25, 0.3) is 17.0 Å². The van der Waals surface area contributed by atoms with Crippen molar-refractivity contribution in [3.05, 3.63) is 47.0 Å². The second-order valence-corrected chi connectivity index (χ2v) is 6.39. The standard InChI is InChI=1S/C14H13N3O5S/c1-21-12-7-9(22-23(2,19)20)3-4-10(12)11-8-17-6-5-13(18)16-14(17)15-11/h3-8H,1-2H3,(H,15,16,18). The van der Waals surface area contributed by atoms with Gasteiger partial charge in [-0.25, -0.2) is 4.98 Å². The largest absolute Gasteiger partial charge is 0.496 e. The molecule has 0 saturated heterocycles. The maximum atomic E-state index is 11.3. The molecule has 0 bridgehead atoms. The van der Waals surface area contributed by atoms with Crippen LogP contribution in [-0.2, 0) is 10.1 Å². The van der Waals surface area contributed by atoms with Crippen molar-refractivity contribution in [1.82, 2.24) is 14.4 Å². The number of hydrogen-bond acceptors (Lipinski definition) is 6. The highest BCUT2D eigenvalue weighted by Gasteiger charge is 2.13. The Kier molecular flexibility index (Phi) is 3.57. The SMILES string of the molecule is COc1cc(OS(C)(=O)=O)ccc1-c1cn2ccc(=O)[nH]c2n1. The summed E-state index contributed by atoms with van der Waals surface area (Å²) in [6.45, 7) is 0. The lowest BCUT2D eigenvalue weighted by Crippen LogP contribution is -2.05. The van der Waals surface area contributed by atoms with Crippen LogP contribution in [0.4, 0.5) is 0 Å². The number of fused-ring (bicyclic) bond motifs is 1. The zero-order valence-corrected chi connectivity index (χ0v) is 13.1. The molecule has 0 saturated carbocycles. The summed E-state index contributed by atoms with van der Waals surface area (Å²) in [5, 5.41) is 0. The molecular formula is C14H13N3O5S. The lowest BCUT2D eigenvalue weighted by Gasteiger charge is -2.09. The fourth-order valence-corrected chi connectivity index (χ4v) is 2.59. The molecule has 1 aromatic carbocycles. The first-order valence-electron chi connectivity index (χ1n) is 6.51. The Labute approximate surface area is 131 Å². The average Bonchev–Trinajstić information content (AvgIpc) is 2.88. The van der Waals surface area contributed by atoms with Crippen LogP contribution in [-0.4, -0.2) is 36.2 Å². The maximum Gasteiger partial charge on any atom is 0.306 e. The van der Waals surface area contributed by atoms with Gasteiger partial charge in [0.1, 0.15) is 11.5 Å². The molecule has 0 spiro atoms. The molecule has 0 aliphatic heterocycles. The van der Waals surface area contributed by atoms with Crippen LogP contribution in [0, 0.1) is 0 Å². The molecule has 0 aliphatic carbocycles. The minimum Gasteiger partial charge on any atom is -0.496 e. The van der Waals surface area contributed by atoms with Crippen LogP contribution in [0.15, 0.2) is 41.5 Å². The Balaban J connectivity index is 2.08. The number of hydrogen-bond donors (Lipinski definition) is 1. The summed E-state index contributed by atoms with van der Waals surface area (Å²) >= 11 is 0. The third kappa shape index (κ3) is 3.19. The van der Waals surface area contributed by atoms with E-state index < -0.39 is 10.1 Å². The minimum atomic E-state index is -3.62. The van der Waals surface area contributed by atoms with Crippen molar-refractivity contribution in [2.24, 2.45) is 0 Å². The van der Waals surface area contributed by atoms with Gasteiger partial charge in [0.05, 0.1) is 19.1 Å². The summed E-state index contributed by atoms with van der Waals surface area (Å²) in [7, 11) is -2.16. The number of H-pyrrole nitrogens is 1. The van der Waals surface area contributed by atoms with Gasteiger partial charge in [0.2, 0.25) is 5.78 Å². The Morgan fingerprint density at radius 2 is 2.04 bits per heavy atom. The minimum absolute atomic E-state index is 0.144. The van der Waals surface area contributed by atoms with Gasteiger partial charge in [-0.2, -0.15) is 8.42 Å². The first-order chi connectivity index (χ1) is 10.9. The molecule has 0 amide bonds. The van der Waals surface area contributed by atoms with Gasteiger partial charge in [0.25, 0.3) is 5.56 Å². The highest BCUT2D eigenvalue weighted by atomic mass is 32.2. The number of imidazole rings is 1. The lowest BCUT2D eigenvalue weighted by molar-refractivity contribution is 0.413. The predicted octanol–water partition coefficient (Wildman–Crippen LogP) is 1.04. The van der Waals surface area contributed by atoms with Gasteiger partial charge in [-0.1, -0.05) is 0 Å². The molecule has 2 aromatic heterocycles. The van der Waals surface area contributed by atoms with Crippen molar-refractivity contribution in [3.63, 3.8) is 0 Å². The third-order valence-electron chi connectivity index (χ3n) is 3.05. The number of ether oxygens (including phenoxy) is 1. The van der Waals surface area contributed by atoms with E-state index in [1.54, 1.807) is 22.9 Å². The molecule has 0 radical (unpaired) electrons. The van der Waals surface area contributed by atoms with Gasteiger partial charge < -0.3 is 8.92 Å². The zero-order valence-electron chi connectivity index (χ0n) is 12.3. The molecule has 120 valence electrons. The molecule has 3 rings (SSSR count). The van der Waals surface area contributed by atoms with Crippen LogP contribution < -0.4 is 14.5 Å². The Bertz CT molecular complexity index is 1040. The van der Waals surface area contributed by atoms with Crippen molar-refractivity contribution in [1.29, 1.82) is 0 Å². The van der Waals surface area contributed by atoms with Crippen molar-refractivity contribution in [2.45, 2.75) is 0 Å². The average molecular weight is 335 g/mol. The second kappa shape index (κ2) is 5.43. The zero-order chi connectivity index (χ0) is 16.6. The molecule has 8 nitrogen and oxygen atoms in total. The number of nitrogens with one attached hydrogen (secondary N) is 1. The fourth-order valence-electron chi connectivity index (χ4n) is 2.14. The summed E-state index contributed by atoms with van der Waals surface area (Å²) in [4.78, 5) is 18.3. The molecule has 0 fully saturated rings. The Morgan fingerprint density at radius 3 is 2.74 bits per heavy atom. The molecule has 23 heavy (non-hydrogen) atoms. The number of methoxy groups -OCH3 is 1.